The molecular weight excluding hydrogens is 296 g/mol. The number of rotatable bonds is 5. The molecule has 2 saturated carbocycles. The molecule has 0 aromatic carbocycles. The van der Waals surface area contributed by atoms with E-state index in [-0.39, 0.29) is 11.8 Å². The van der Waals surface area contributed by atoms with Crippen LogP contribution in [-0.4, -0.2) is 28.6 Å². The van der Waals surface area contributed by atoms with Crippen molar-refractivity contribution in [1.29, 1.82) is 0 Å². The number of hydrogen-bond acceptors (Lipinski definition) is 4. The molecule has 2 N–H and O–H groups in total. The molecule has 0 saturated heterocycles. The maximum Gasteiger partial charge on any atom is 0.225 e. The fourth-order valence-corrected chi connectivity index (χ4v) is 4.58. The lowest BCUT2D eigenvalue weighted by atomic mass is 9.87. The van der Waals surface area contributed by atoms with Crippen molar-refractivity contribution in [2.24, 2.45) is 5.92 Å². The first-order valence-corrected chi connectivity index (χ1v) is 9.52. The number of aliphatic hydroxyl groups excluding tert-OH is 1. The molecule has 0 spiro atoms. The quantitative estimate of drug-likeness (QED) is 0.876. The second-order valence-electron chi connectivity index (χ2n) is 6.65. The summed E-state index contributed by atoms with van der Waals surface area (Å²) in [5.74, 6) is 0.463. The van der Waals surface area contributed by atoms with Crippen LogP contribution < -0.4 is 5.32 Å². The van der Waals surface area contributed by atoms with E-state index in [0.717, 1.165) is 30.7 Å². The molecule has 22 heavy (non-hydrogen) atoms. The Hall–Kier alpha value is -0.940. The number of nitrogens with one attached hydrogen (secondary N) is 1. The van der Waals surface area contributed by atoms with Crippen molar-refractivity contribution < 1.29 is 9.90 Å². The van der Waals surface area contributed by atoms with Gasteiger partial charge in [-0.3, -0.25) is 4.79 Å². The fourth-order valence-electron chi connectivity index (χ4n) is 3.70. The first-order valence-electron chi connectivity index (χ1n) is 8.64. The Labute approximate surface area is 136 Å². The van der Waals surface area contributed by atoms with Gasteiger partial charge in [0.2, 0.25) is 5.91 Å². The highest BCUT2D eigenvalue weighted by molar-refractivity contribution is 7.09. The minimum Gasteiger partial charge on any atom is -0.392 e. The van der Waals surface area contributed by atoms with Gasteiger partial charge in [-0.25, -0.2) is 4.98 Å². The zero-order valence-corrected chi connectivity index (χ0v) is 13.9. The van der Waals surface area contributed by atoms with Gasteiger partial charge in [0.1, 0.15) is 0 Å². The van der Waals surface area contributed by atoms with Crippen molar-refractivity contribution in [2.75, 3.05) is 6.54 Å². The van der Waals surface area contributed by atoms with E-state index >= 15 is 0 Å². The molecule has 5 heteroatoms. The zero-order chi connectivity index (χ0) is 15.4. The maximum atomic E-state index is 12.0. The normalized spacial score (nSPS) is 26.2. The Bertz CT molecular complexity index is 497. The number of aliphatic hydroxyl groups is 1. The number of hydrogen-bond donors (Lipinski definition) is 2. The smallest absolute Gasteiger partial charge is 0.225 e. The summed E-state index contributed by atoms with van der Waals surface area (Å²) in [7, 11) is 0. The lowest BCUT2D eigenvalue weighted by Gasteiger charge is -2.19. The third-order valence-electron chi connectivity index (χ3n) is 5.05. The van der Waals surface area contributed by atoms with Crippen LogP contribution in [0.15, 0.2) is 5.38 Å². The summed E-state index contributed by atoms with van der Waals surface area (Å²) in [4.78, 5) is 16.8. The lowest BCUT2D eigenvalue weighted by molar-refractivity contribution is -0.127. The van der Waals surface area contributed by atoms with E-state index in [1.54, 1.807) is 11.3 Å². The molecule has 0 aliphatic heterocycles. The Kier molecular flexibility index (Phi) is 5.47. The van der Waals surface area contributed by atoms with Gasteiger partial charge in [-0.05, 0) is 32.1 Å². The summed E-state index contributed by atoms with van der Waals surface area (Å²) in [5, 5.41) is 16.0. The van der Waals surface area contributed by atoms with Crippen LogP contribution in [0.5, 0.6) is 0 Å². The molecule has 0 bridgehead atoms. The van der Waals surface area contributed by atoms with E-state index < -0.39 is 6.10 Å². The van der Waals surface area contributed by atoms with Crippen molar-refractivity contribution >= 4 is 17.2 Å². The molecule has 2 unspecified atom stereocenters. The van der Waals surface area contributed by atoms with Gasteiger partial charge in [0.25, 0.3) is 0 Å². The summed E-state index contributed by atoms with van der Waals surface area (Å²) in [6.45, 7) is 0.625. The SMILES string of the molecule is O=C(NCCc1nc(C2CCCCC2)cs1)C1CCCC1O. The topological polar surface area (TPSA) is 62.2 Å². The lowest BCUT2D eigenvalue weighted by Crippen LogP contribution is -2.35. The van der Waals surface area contributed by atoms with Crippen LogP contribution in [0.2, 0.25) is 0 Å². The average molecular weight is 322 g/mol. The number of nitrogens with zero attached hydrogens (tertiary/aromatic N) is 1. The largest absolute Gasteiger partial charge is 0.392 e. The predicted octanol–water partition coefficient (Wildman–Crippen LogP) is 3.01. The van der Waals surface area contributed by atoms with E-state index in [1.165, 1.54) is 37.8 Å². The van der Waals surface area contributed by atoms with Crippen LogP contribution >= 0.6 is 11.3 Å². The molecule has 2 fully saturated rings. The Morgan fingerprint density at radius 3 is 2.77 bits per heavy atom. The number of carbonyl (C=O) groups is 1. The van der Waals surface area contributed by atoms with Crippen LogP contribution in [0.3, 0.4) is 0 Å². The number of aromatic nitrogens is 1. The van der Waals surface area contributed by atoms with Gasteiger partial charge in [0.05, 0.1) is 22.7 Å². The Morgan fingerprint density at radius 2 is 2.05 bits per heavy atom. The number of amides is 1. The maximum absolute atomic E-state index is 12.0. The van der Waals surface area contributed by atoms with E-state index in [9.17, 15) is 9.90 Å². The minimum atomic E-state index is -0.447. The third-order valence-corrected chi connectivity index (χ3v) is 5.97. The second kappa shape index (κ2) is 7.55. The van der Waals surface area contributed by atoms with Gasteiger partial charge in [-0.1, -0.05) is 19.3 Å². The van der Waals surface area contributed by atoms with E-state index in [2.05, 4.69) is 10.7 Å². The van der Waals surface area contributed by atoms with Crippen molar-refractivity contribution in [1.82, 2.24) is 10.3 Å². The molecule has 2 atom stereocenters. The van der Waals surface area contributed by atoms with Crippen molar-refractivity contribution in [2.45, 2.75) is 69.8 Å². The molecule has 2 aliphatic rings. The van der Waals surface area contributed by atoms with Crippen LogP contribution in [0.25, 0.3) is 0 Å². The third kappa shape index (κ3) is 3.87. The van der Waals surface area contributed by atoms with Crippen molar-refractivity contribution in [3.05, 3.63) is 16.1 Å². The number of thiazole rings is 1. The summed E-state index contributed by atoms with van der Waals surface area (Å²) in [6.07, 6.45) is 9.46. The number of carbonyl (C=O) groups excluding carboxylic acids is 1. The standard InChI is InChI=1S/C17H26N2O2S/c20-15-8-4-7-13(15)17(21)18-10-9-16-19-14(11-22-16)12-5-2-1-3-6-12/h11-13,15,20H,1-10H2,(H,18,21). The molecule has 4 nitrogen and oxygen atoms in total. The van der Waals surface area contributed by atoms with Crippen molar-refractivity contribution in [3.63, 3.8) is 0 Å². The molecule has 1 amide bonds. The molecule has 3 rings (SSSR count). The molecule has 122 valence electrons. The first-order chi connectivity index (χ1) is 10.7. The molecular formula is C17H26N2O2S. The highest BCUT2D eigenvalue weighted by Gasteiger charge is 2.31. The Morgan fingerprint density at radius 1 is 1.23 bits per heavy atom. The molecule has 0 radical (unpaired) electrons. The highest BCUT2D eigenvalue weighted by Crippen LogP contribution is 2.33. The van der Waals surface area contributed by atoms with Gasteiger partial charge in [0, 0.05) is 24.3 Å². The van der Waals surface area contributed by atoms with Gasteiger partial charge < -0.3 is 10.4 Å². The monoisotopic (exact) mass is 322 g/mol. The van der Waals surface area contributed by atoms with E-state index in [0.29, 0.717) is 12.5 Å². The van der Waals surface area contributed by atoms with Gasteiger partial charge >= 0.3 is 0 Å². The second-order valence-corrected chi connectivity index (χ2v) is 7.59. The van der Waals surface area contributed by atoms with Crippen molar-refractivity contribution in [3.8, 4) is 0 Å². The molecule has 1 aromatic rings. The Balaban J connectivity index is 1.43. The highest BCUT2D eigenvalue weighted by atomic mass is 32.1. The first kappa shape index (κ1) is 15.9. The predicted molar refractivity (Wildman–Crippen MR) is 88.0 cm³/mol. The summed E-state index contributed by atoms with van der Waals surface area (Å²) in [5.41, 5.74) is 1.26. The van der Waals surface area contributed by atoms with Gasteiger partial charge in [0.15, 0.2) is 0 Å². The van der Waals surface area contributed by atoms with Gasteiger partial charge in [-0.15, -0.1) is 11.3 Å². The summed E-state index contributed by atoms with van der Waals surface area (Å²) >= 11 is 1.72. The van der Waals surface area contributed by atoms with E-state index in [1.807, 2.05) is 0 Å². The van der Waals surface area contributed by atoms with Crippen LogP contribution in [0.4, 0.5) is 0 Å². The van der Waals surface area contributed by atoms with Crippen LogP contribution in [-0.2, 0) is 11.2 Å². The summed E-state index contributed by atoms with van der Waals surface area (Å²) < 4.78 is 0. The van der Waals surface area contributed by atoms with Crippen LogP contribution in [0, 0.1) is 5.92 Å². The van der Waals surface area contributed by atoms with Gasteiger partial charge in [-0.2, -0.15) is 0 Å². The molecule has 1 heterocycles. The minimum absolute atomic E-state index is 0.00839. The fraction of sp³-hybridized carbons (Fsp3) is 0.765. The molecule has 1 aromatic heterocycles. The van der Waals surface area contributed by atoms with Crippen LogP contribution in [0.1, 0.15) is 68.0 Å². The zero-order valence-electron chi connectivity index (χ0n) is 13.1. The van der Waals surface area contributed by atoms with E-state index in [4.69, 9.17) is 4.98 Å². The molecule has 2 aliphatic carbocycles. The summed E-state index contributed by atoms with van der Waals surface area (Å²) in [6, 6.07) is 0. The average Bonchev–Trinajstić information content (AvgIpc) is 3.17.